The van der Waals surface area contributed by atoms with Gasteiger partial charge in [0.15, 0.2) is 11.6 Å². The SMILES string of the molecule is Cn1cnc(-c2cc3nccc(Oc4ccc(NC(=O)N5CCN(C6CCCCC6)C5=O)cc4F)c3s2)c1. The van der Waals surface area contributed by atoms with Gasteiger partial charge in [0.05, 0.1) is 27.1 Å². The van der Waals surface area contributed by atoms with Crippen molar-refractivity contribution >= 4 is 39.3 Å². The Morgan fingerprint density at radius 1 is 1.11 bits per heavy atom. The van der Waals surface area contributed by atoms with Crippen LogP contribution < -0.4 is 10.1 Å². The number of aryl methyl sites for hydroxylation is 1. The number of ether oxygens (including phenoxy) is 1. The number of nitrogens with zero attached hydrogens (tertiary/aromatic N) is 5. The van der Waals surface area contributed by atoms with Crippen LogP contribution in [0.25, 0.3) is 20.8 Å². The predicted molar refractivity (Wildman–Crippen MR) is 143 cm³/mol. The minimum absolute atomic E-state index is 0.0176. The molecule has 0 unspecified atom stereocenters. The molecule has 0 atom stereocenters. The summed E-state index contributed by atoms with van der Waals surface area (Å²) >= 11 is 1.47. The van der Waals surface area contributed by atoms with E-state index in [-0.39, 0.29) is 23.5 Å². The van der Waals surface area contributed by atoms with Crippen LogP contribution in [-0.4, -0.2) is 55.5 Å². The quantitative estimate of drug-likeness (QED) is 0.328. The lowest BCUT2D eigenvalue weighted by Gasteiger charge is -2.30. The zero-order valence-electron chi connectivity index (χ0n) is 20.9. The van der Waals surface area contributed by atoms with Crippen LogP contribution in [0.3, 0.4) is 0 Å². The molecule has 0 bridgehead atoms. The molecule has 1 saturated heterocycles. The fourth-order valence-electron chi connectivity index (χ4n) is 5.11. The Labute approximate surface area is 222 Å². The Hall–Kier alpha value is -3.99. The lowest BCUT2D eigenvalue weighted by molar-refractivity contribution is 0.165. The van der Waals surface area contributed by atoms with Crippen LogP contribution >= 0.6 is 11.3 Å². The van der Waals surface area contributed by atoms with Crippen molar-refractivity contribution < 1.29 is 18.7 Å². The fourth-order valence-corrected chi connectivity index (χ4v) is 6.13. The molecule has 0 spiro atoms. The number of imide groups is 1. The van der Waals surface area contributed by atoms with Gasteiger partial charge in [-0.2, -0.15) is 0 Å². The van der Waals surface area contributed by atoms with Crippen molar-refractivity contribution in [1.82, 2.24) is 24.3 Å². The van der Waals surface area contributed by atoms with Crippen molar-refractivity contribution in [3.8, 4) is 22.1 Å². The number of nitrogens with one attached hydrogen (secondary N) is 1. The van der Waals surface area contributed by atoms with Gasteiger partial charge in [-0.15, -0.1) is 11.3 Å². The van der Waals surface area contributed by atoms with Crippen LogP contribution in [0, 0.1) is 5.82 Å². The van der Waals surface area contributed by atoms with E-state index in [0.717, 1.165) is 46.5 Å². The van der Waals surface area contributed by atoms with E-state index in [2.05, 4.69) is 15.3 Å². The zero-order valence-corrected chi connectivity index (χ0v) is 21.7. The minimum Gasteiger partial charge on any atom is -0.453 e. The number of benzene rings is 1. The minimum atomic E-state index is -0.633. The Morgan fingerprint density at radius 2 is 1.95 bits per heavy atom. The molecule has 1 saturated carbocycles. The second kappa shape index (κ2) is 10.1. The van der Waals surface area contributed by atoms with Gasteiger partial charge in [-0.3, -0.25) is 4.98 Å². The third-order valence-electron chi connectivity index (χ3n) is 7.04. The third-order valence-corrected chi connectivity index (χ3v) is 8.20. The highest BCUT2D eigenvalue weighted by atomic mass is 32.1. The number of carbonyl (C=O) groups excluding carboxylic acids is 2. The summed E-state index contributed by atoms with van der Waals surface area (Å²) in [5.41, 5.74) is 1.80. The van der Waals surface area contributed by atoms with Crippen LogP contribution in [0.1, 0.15) is 32.1 Å². The van der Waals surface area contributed by atoms with Gasteiger partial charge in [0.1, 0.15) is 5.75 Å². The molecule has 6 rings (SSSR count). The molecule has 4 aromatic rings. The van der Waals surface area contributed by atoms with E-state index in [1.165, 1.54) is 34.8 Å². The average molecular weight is 535 g/mol. The van der Waals surface area contributed by atoms with Crippen molar-refractivity contribution in [2.24, 2.45) is 7.05 Å². The summed E-state index contributed by atoms with van der Waals surface area (Å²) in [4.78, 5) is 38.4. The lowest BCUT2D eigenvalue weighted by atomic mass is 9.94. The van der Waals surface area contributed by atoms with Gasteiger partial charge in [-0.1, -0.05) is 19.3 Å². The second-order valence-corrected chi connectivity index (χ2v) is 10.7. The number of anilines is 1. The number of thiophene rings is 1. The number of urea groups is 2. The van der Waals surface area contributed by atoms with Gasteiger partial charge in [0.25, 0.3) is 0 Å². The second-order valence-electron chi connectivity index (χ2n) is 9.66. The molecule has 196 valence electrons. The van der Waals surface area contributed by atoms with Crippen molar-refractivity contribution in [3.63, 3.8) is 0 Å². The maximum absolute atomic E-state index is 15.0. The summed E-state index contributed by atoms with van der Waals surface area (Å²) in [6.07, 6.45) is 10.6. The number of pyridine rings is 1. The molecular weight excluding hydrogens is 507 g/mol. The first-order valence-electron chi connectivity index (χ1n) is 12.7. The molecule has 1 N–H and O–H groups in total. The molecule has 4 amide bonds. The summed E-state index contributed by atoms with van der Waals surface area (Å²) in [5, 5.41) is 2.65. The summed E-state index contributed by atoms with van der Waals surface area (Å²) in [5.74, 6) is -0.141. The number of amides is 4. The normalized spacial score (nSPS) is 16.4. The molecule has 3 aromatic heterocycles. The summed E-state index contributed by atoms with van der Waals surface area (Å²) in [6, 6.07) is 7.19. The summed E-state index contributed by atoms with van der Waals surface area (Å²) in [7, 11) is 1.90. The van der Waals surface area contributed by atoms with Crippen molar-refractivity contribution in [1.29, 1.82) is 0 Å². The van der Waals surface area contributed by atoms with Crippen LogP contribution in [0.15, 0.2) is 49.1 Å². The first-order chi connectivity index (χ1) is 18.5. The number of fused-ring (bicyclic) bond motifs is 1. The molecule has 9 nitrogen and oxygen atoms in total. The van der Waals surface area contributed by atoms with Gasteiger partial charge in [-0.25, -0.2) is 23.9 Å². The highest BCUT2D eigenvalue weighted by Gasteiger charge is 2.37. The van der Waals surface area contributed by atoms with Crippen molar-refractivity contribution in [3.05, 3.63) is 54.9 Å². The zero-order chi connectivity index (χ0) is 26.2. The number of rotatable bonds is 5. The smallest absolute Gasteiger partial charge is 0.330 e. The average Bonchev–Trinajstić information content (AvgIpc) is 3.64. The number of aromatic nitrogens is 3. The van der Waals surface area contributed by atoms with E-state index in [0.29, 0.717) is 18.8 Å². The number of hydrogen-bond donors (Lipinski definition) is 1. The van der Waals surface area contributed by atoms with Crippen LogP contribution in [0.5, 0.6) is 11.5 Å². The molecule has 1 aliphatic carbocycles. The molecule has 4 heterocycles. The van der Waals surface area contributed by atoms with Gasteiger partial charge < -0.3 is 19.5 Å². The van der Waals surface area contributed by atoms with Gasteiger partial charge in [0.2, 0.25) is 0 Å². The van der Waals surface area contributed by atoms with Gasteiger partial charge in [-0.05, 0) is 31.0 Å². The summed E-state index contributed by atoms with van der Waals surface area (Å²) in [6.45, 7) is 0.855. The largest absolute Gasteiger partial charge is 0.453 e. The van der Waals surface area contributed by atoms with Crippen LogP contribution in [-0.2, 0) is 7.05 Å². The Morgan fingerprint density at radius 3 is 2.71 bits per heavy atom. The molecule has 11 heteroatoms. The van der Waals surface area contributed by atoms with Crippen LogP contribution in [0.2, 0.25) is 0 Å². The molecule has 1 aromatic carbocycles. The standard InChI is InChI=1S/C27H27FN6O3S/c1-32-15-21(30-16-32)24-14-20-25(38-24)23(9-10-29-20)37-22-8-7-17(13-19(22)28)31-26(35)34-12-11-33(27(34)36)18-5-3-2-4-6-18/h7-10,13-16,18H,2-6,11-12H2,1H3,(H,31,35). The highest BCUT2D eigenvalue weighted by Crippen LogP contribution is 2.39. The Kier molecular flexibility index (Phi) is 6.44. The van der Waals surface area contributed by atoms with E-state index in [4.69, 9.17) is 4.74 Å². The maximum Gasteiger partial charge on any atom is 0.330 e. The third kappa shape index (κ3) is 4.69. The fraction of sp³-hybridized carbons (Fsp3) is 0.333. The van der Waals surface area contributed by atoms with E-state index in [1.54, 1.807) is 29.6 Å². The Balaban J connectivity index is 1.15. The monoisotopic (exact) mass is 534 g/mol. The predicted octanol–water partition coefficient (Wildman–Crippen LogP) is 6.23. The number of imidazole rings is 1. The van der Waals surface area contributed by atoms with Gasteiger partial charge >= 0.3 is 12.1 Å². The number of hydrogen-bond acceptors (Lipinski definition) is 6. The number of halogens is 1. The van der Waals surface area contributed by atoms with Crippen LogP contribution in [0.4, 0.5) is 19.7 Å². The van der Waals surface area contributed by atoms with Gasteiger partial charge in [0, 0.05) is 56.4 Å². The van der Waals surface area contributed by atoms with Crippen molar-refractivity contribution in [2.45, 2.75) is 38.1 Å². The highest BCUT2D eigenvalue weighted by molar-refractivity contribution is 7.22. The topological polar surface area (TPSA) is 92.6 Å². The molecule has 2 fully saturated rings. The van der Waals surface area contributed by atoms with E-state index >= 15 is 4.39 Å². The lowest BCUT2D eigenvalue weighted by Crippen LogP contribution is -2.43. The molecule has 2 aliphatic rings. The Bertz CT molecular complexity index is 1510. The van der Waals surface area contributed by atoms with E-state index in [1.807, 2.05) is 23.9 Å². The maximum atomic E-state index is 15.0. The summed E-state index contributed by atoms with van der Waals surface area (Å²) < 4.78 is 23.6. The molecule has 1 aliphatic heterocycles. The molecule has 38 heavy (non-hydrogen) atoms. The first kappa shape index (κ1) is 24.4. The molecular formula is C27H27FN6O3S. The van der Waals surface area contributed by atoms with E-state index in [9.17, 15) is 9.59 Å². The van der Waals surface area contributed by atoms with E-state index < -0.39 is 11.8 Å². The first-order valence-corrected chi connectivity index (χ1v) is 13.5. The number of carbonyl (C=O) groups is 2. The van der Waals surface area contributed by atoms with Crippen molar-refractivity contribution in [2.75, 3.05) is 18.4 Å². The molecule has 0 radical (unpaired) electrons.